The highest BCUT2D eigenvalue weighted by molar-refractivity contribution is 5.83. The fourth-order valence-corrected chi connectivity index (χ4v) is 1.89. The Morgan fingerprint density at radius 2 is 2.11 bits per heavy atom. The maximum absolute atomic E-state index is 11.5. The van der Waals surface area contributed by atoms with E-state index in [-0.39, 0.29) is 18.4 Å². The van der Waals surface area contributed by atoms with Crippen molar-refractivity contribution in [3.8, 4) is 0 Å². The summed E-state index contributed by atoms with van der Waals surface area (Å²) in [7, 11) is 0. The molecule has 6 heteroatoms. The Morgan fingerprint density at radius 3 is 2.67 bits per heavy atom. The first-order chi connectivity index (χ1) is 8.63. The first-order valence-electron chi connectivity index (χ1n) is 6.48. The molecule has 0 aromatic heterocycles. The van der Waals surface area contributed by atoms with Gasteiger partial charge in [0, 0.05) is 6.42 Å². The summed E-state index contributed by atoms with van der Waals surface area (Å²) >= 11 is 0. The lowest BCUT2D eigenvalue weighted by molar-refractivity contribution is -0.142. The summed E-state index contributed by atoms with van der Waals surface area (Å²) in [5.74, 6) is -1.26. The van der Waals surface area contributed by atoms with Gasteiger partial charge in [0.05, 0.1) is 12.7 Å². The molecule has 104 valence electrons. The summed E-state index contributed by atoms with van der Waals surface area (Å²) in [4.78, 5) is 22.2. The van der Waals surface area contributed by atoms with Crippen LogP contribution in [0, 0.1) is 0 Å². The molecule has 0 unspecified atom stereocenters. The van der Waals surface area contributed by atoms with Crippen LogP contribution in [0.1, 0.15) is 32.6 Å². The Labute approximate surface area is 107 Å². The maximum Gasteiger partial charge on any atom is 0.326 e. The number of rotatable bonds is 7. The monoisotopic (exact) mass is 258 g/mol. The molecule has 1 aliphatic rings. The van der Waals surface area contributed by atoms with Crippen molar-refractivity contribution in [3.05, 3.63) is 0 Å². The second-order valence-electron chi connectivity index (χ2n) is 4.44. The summed E-state index contributed by atoms with van der Waals surface area (Å²) in [5.41, 5.74) is 0. The largest absolute Gasteiger partial charge is 0.480 e. The third-order valence-corrected chi connectivity index (χ3v) is 3.01. The van der Waals surface area contributed by atoms with Gasteiger partial charge < -0.3 is 20.5 Å². The van der Waals surface area contributed by atoms with E-state index in [4.69, 9.17) is 9.84 Å². The van der Waals surface area contributed by atoms with Crippen LogP contribution in [0.15, 0.2) is 0 Å². The molecule has 1 rings (SSSR count). The quantitative estimate of drug-likeness (QED) is 0.604. The van der Waals surface area contributed by atoms with Gasteiger partial charge in [0.15, 0.2) is 0 Å². The molecule has 0 spiro atoms. The first-order valence-corrected chi connectivity index (χ1v) is 6.48. The molecule has 0 saturated carbocycles. The summed E-state index contributed by atoms with van der Waals surface area (Å²) in [6.45, 7) is 3.98. The van der Waals surface area contributed by atoms with E-state index in [1.165, 1.54) is 0 Å². The molecule has 0 aromatic rings. The van der Waals surface area contributed by atoms with Gasteiger partial charge in [-0.3, -0.25) is 4.79 Å². The van der Waals surface area contributed by atoms with Gasteiger partial charge in [0.2, 0.25) is 5.91 Å². The van der Waals surface area contributed by atoms with Gasteiger partial charge in [0.1, 0.15) is 6.04 Å². The van der Waals surface area contributed by atoms with Gasteiger partial charge in [-0.25, -0.2) is 4.79 Å². The summed E-state index contributed by atoms with van der Waals surface area (Å²) in [5, 5.41) is 14.5. The predicted molar refractivity (Wildman–Crippen MR) is 66.3 cm³/mol. The second-order valence-corrected chi connectivity index (χ2v) is 4.44. The van der Waals surface area contributed by atoms with Crippen molar-refractivity contribution in [2.45, 2.75) is 44.8 Å². The number of nitrogens with one attached hydrogen (secondary N) is 2. The van der Waals surface area contributed by atoms with Crippen molar-refractivity contribution in [2.24, 2.45) is 0 Å². The van der Waals surface area contributed by atoms with Crippen LogP contribution in [0.25, 0.3) is 0 Å². The predicted octanol–water partition coefficient (Wildman–Crippen LogP) is 0.125. The molecule has 0 aromatic carbocycles. The lowest BCUT2D eigenvalue weighted by Crippen LogP contribution is -2.40. The van der Waals surface area contributed by atoms with E-state index < -0.39 is 12.0 Å². The molecule has 1 aliphatic heterocycles. The second kappa shape index (κ2) is 8.05. The van der Waals surface area contributed by atoms with Crippen LogP contribution < -0.4 is 10.6 Å². The summed E-state index contributed by atoms with van der Waals surface area (Å²) in [6.07, 6.45) is 2.76. The van der Waals surface area contributed by atoms with E-state index in [1.807, 2.05) is 0 Å². The van der Waals surface area contributed by atoms with Gasteiger partial charge in [-0.15, -0.1) is 0 Å². The summed E-state index contributed by atoms with van der Waals surface area (Å²) in [6, 6.07) is -0.795. The van der Waals surface area contributed by atoms with Crippen LogP contribution in [0.5, 0.6) is 0 Å². The molecular formula is C12H22N2O4. The highest BCUT2D eigenvalue weighted by Crippen LogP contribution is 2.07. The van der Waals surface area contributed by atoms with E-state index in [2.05, 4.69) is 10.6 Å². The number of amides is 1. The van der Waals surface area contributed by atoms with E-state index in [9.17, 15) is 9.59 Å². The van der Waals surface area contributed by atoms with Crippen LogP contribution in [0.2, 0.25) is 0 Å². The van der Waals surface area contributed by atoms with E-state index in [0.29, 0.717) is 13.0 Å². The number of carboxylic acid groups (broad SMARTS) is 1. The van der Waals surface area contributed by atoms with E-state index >= 15 is 0 Å². The SMILES string of the molecule is CC[C@H](NC(=O)CCOC1CCNCC1)C(=O)O. The van der Waals surface area contributed by atoms with E-state index in [1.54, 1.807) is 6.92 Å². The zero-order chi connectivity index (χ0) is 13.4. The minimum absolute atomic E-state index is 0.216. The number of carboxylic acids is 1. The summed E-state index contributed by atoms with van der Waals surface area (Å²) < 4.78 is 5.58. The highest BCUT2D eigenvalue weighted by atomic mass is 16.5. The molecule has 1 atom stereocenters. The van der Waals surface area contributed by atoms with Gasteiger partial charge in [0.25, 0.3) is 0 Å². The first kappa shape index (κ1) is 14.9. The van der Waals surface area contributed by atoms with E-state index in [0.717, 1.165) is 25.9 Å². The molecule has 3 N–H and O–H groups in total. The van der Waals surface area contributed by atoms with Crippen LogP contribution in [0.3, 0.4) is 0 Å². The Hall–Kier alpha value is -1.14. The van der Waals surface area contributed by atoms with Crippen molar-refractivity contribution >= 4 is 11.9 Å². The molecule has 1 fully saturated rings. The molecule has 18 heavy (non-hydrogen) atoms. The van der Waals surface area contributed by atoms with Crippen LogP contribution in [-0.4, -0.2) is 48.8 Å². The molecule has 1 amide bonds. The number of ether oxygens (including phenoxy) is 1. The average molecular weight is 258 g/mol. The van der Waals surface area contributed by atoms with Crippen molar-refractivity contribution in [2.75, 3.05) is 19.7 Å². The molecule has 0 radical (unpaired) electrons. The number of aliphatic carboxylic acids is 1. The van der Waals surface area contributed by atoms with Gasteiger partial charge in [-0.2, -0.15) is 0 Å². The number of piperidine rings is 1. The Morgan fingerprint density at radius 1 is 1.44 bits per heavy atom. The molecule has 1 heterocycles. The number of hydrogen-bond acceptors (Lipinski definition) is 4. The van der Waals surface area contributed by atoms with Gasteiger partial charge in [-0.1, -0.05) is 6.92 Å². The normalized spacial score (nSPS) is 18.3. The van der Waals surface area contributed by atoms with Crippen molar-refractivity contribution in [1.82, 2.24) is 10.6 Å². The lowest BCUT2D eigenvalue weighted by atomic mass is 10.1. The fourth-order valence-electron chi connectivity index (χ4n) is 1.89. The minimum Gasteiger partial charge on any atom is -0.480 e. The zero-order valence-corrected chi connectivity index (χ0v) is 10.8. The Kier molecular flexibility index (Phi) is 6.67. The minimum atomic E-state index is -0.995. The molecule has 0 aliphatic carbocycles. The topological polar surface area (TPSA) is 87.7 Å². The number of carbonyl (C=O) groups is 2. The molecular weight excluding hydrogens is 236 g/mol. The maximum atomic E-state index is 11.5. The van der Waals surface area contributed by atoms with Crippen LogP contribution in [0.4, 0.5) is 0 Å². The third kappa shape index (κ3) is 5.46. The zero-order valence-electron chi connectivity index (χ0n) is 10.8. The molecule has 0 bridgehead atoms. The number of carbonyl (C=O) groups excluding carboxylic acids is 1. The number of hydrogen-bond donors (Lipinski definition) is 3. The standard InChI is InChI=1S/C12H22N2O4/c1-2-10(12(16)17)14-11(15)5-8-18-9-3-6-13-7-4-9/h9-10,13H,2-8H2,1H3,(H,14,15)(H,16,17)/t10-/m0/s1. The van der Waals surface area contributed by atoms with Crippen LogP contribution in [-0.2, 0) is 14.3 Å². The van der Waals surface area contributed by atoms with Crippen molar-refractivity contribution < 1.29 is 19.4 Å². The average Bonchev–Trinajstić information content (AvgIpc) is 2.37. The van der Waals surface area contributed by atoms with Gasteiger partial charge in [-0.05, 0) is 32.4 Å². The van der Waals surface area contributed by atoms with Crippen LogP contribution >= 0.6 is 0 Å². The Bertz CT molecular complexity index is 277. The fraction of sp³-hybridized carbons (Fsp3) is 0.833. The van der Waals surface area contributed by atoms with Crippen molar-refractivity contribution in [1.29, 1.82) is 0 Å². The van der Waals surface area contributed by atoms with Crippen molar-refractivity contribution in [3.63, 3.8) is 0 Å². The Balaban J connectivity index is 2.14. The third-order valence-electron chi connectivity index (χ3n) is 3.01. The highest BCUT2D eigenvalue weighted by Gasteiger charge is 2.18. The van der Waals surface area contributed by atoms with Gasteiger partial charge >= 0.3 is 5.97 Å². The smallest absolute Gasteiger partial charge is 0.326 e. The molecule has 1 saturated heterocycles. The lowest BCUT2D eigenvalue weighted by Gasteiger charge is -2.22. The molecule has 6 nitrogen and oxygen atoms in total.